The quantitative estimate of drug-likeness (QED) is 0.737. The average Bonchev–Trinajstić information content (AvgIpc) is 2.49. The van der Waals surface area contributed by atoms with Gasteiger partial charge >= 0.3 is 6.18 Å². The highest BCUT2D eigenvalue weighted by Gasteiger charge is 2.38. The van der Waals surface area contributed by atoms with E-state index in [1.54, 1.807) is 24.3 Å². The Kier molecular flexibility index (Phi) is 4.01. The predicted molar refractivity (Wildman–Crippen MR) is 81.3 cm³/mol. The number of pyridine rings is 1. The van der Waals surface area contributed by atoms with Gasteiger partial charge in [0.2, 0.25) is 5.88 Å². The van der Waals surface area contributed by atoms with Crippen molar-refractivity contribution in [3.05, 3.63) is 41.0 Å². The zero-order chi connectivity index (χ0) is 16.6. The fourth-order valence-corrected chi connectivity index (χ4v) is 2.78. The maximum absolute atomic E-state index is 12.7. The van der Waals surface area contributed by atoms with Crippen molar-refractivity contribution in [2.45, 2.75) is 6.18 Å². The Morgan fingerprint density at radius 2 is 1.96 bits per heavy atom. The Balaban J connectivity index is 2.10. The number of fused-ring (bicyclic) bond motifs is 1. The number of amides is 1. The van der Waals surface area contributed by atoms with Gasteiger partial charge in [-0.15, -0.1) is 0 Å². The second-order valence-electron chi connectivity index (χ2n) is 4.90. The van der Waals surface area contributed by atoms with E-state index >= 15 is 0 Å². The molecule has 0 aliphatic carbocycles. The predicted octanol–water partition coefficient (Wildman–Crippen LogP) is 3.80. The molecule has 120 valence electrons. The summed E-state index contributed by atoms with van der Waals surface area (Å²) in [4.78, 5) is 16.6. The number of alkyl halides is 3. The number of ether oxygens (including phenoxy) is 1. The summed E-state index contributed by atoms with van der Waals surface area (Å²) >= 11 is 3.29. The first kappa shape index (κ1) is 15.8. The van der Waals surface area contributed by atoms with Gasteiger partial charge in [0.05, 0.1) is 0 Å². The van der Waals surface area contributed by atoms with Gasteiger partial charge in [0.25, 0.3) is 5.91 Å². The van der Waals surface area contributed by atoms with Crippen LogP contribution in [-0.2, 0) is 4.79 Å². The lowest BCUT2D eigenvalue weighted by Gasteiger charge is -2.29. The number of hydrogen-bond acceptors (Lipinski definition) is 3. The van der Waals surface area contributed by atoms with Crippen molar-refractivity contribution >= 4 is 27.5 Å². The molecule has 0 spiro atoms. The van der Waals surface area contributed by atoms with Crippen molar-refractivity contribution in [3.8, 4) is 17.0 Å². The number of rotatable bonds is 2. The van der Waals surface area contributed by atoms with Gasteiger partial charge in [0.15, 0.2) is 6.61 Å². The molecule has 0 fully saturated rings. The van der Waals surface area contributed by atoms with Crippen LogP contribution in [0.25, 0.3) is 11.1 Å². The summed E-state index contributed by atoms with van der Waals surface area (Å²) in [5.41, 5.74) is 1.36. The third kappa shape index (κ3) is 3.31. The Hall–Kier alpha value is -2.09. The number of carbonyl (C=O) groups is 1. The van der Waals surface area contributed by atoms with Crippen LogP contribution in [0.2, 0.25) is 0 Å². The molecular formula is C15H10BrF3N2O2. The van der Waals surface area contributed by atoms with Gasteiger partial charge in [-0.1, -0.05) is 30.3 Å². The second-order valence-corrected chi connectivity index (χ2v) is 5.65. The first-order valence-electron chi connectivity index (χ1n) is 6.61. The monoisotopic (exact) mass is 386 g/mol. The molecule has 0 saturated carbocycles. The maximum atomic E-state index is 12.7. The summed E-state index contributed by atoms with van der Waals surface area (Å²) in [6.07, 6.45) is -4.51. The van der Waals surface area contributed by atoms with Crippen LogP contribution in [0.15, 0.2) is 41.0 Å². The molecule has 0 atom stereocenters. The molecule has 1 aromatic heterocycles. The van der Waals surface area contributed by atoms with E-state index in [1.165, 1.54) is 6.07 Å². The molecule has 0 saturated heterocycles. The molecule has 1 aliphatic rings. The van der Waals surface area contributed by atoms with Gasteiger partial charge in [-0.2, -0.15) is 13.2 Å². The van der Waals surface area contributed by atoms with Gasteiger partial charge in [0, 0.05) is 5.56 Å². The lowest BCUT2D eigenvalue weighted by Crippen LogP contribution is -2.44. The molecule has 3 rings (SSSR count). The lowest BCUT2D eigenvalue weighted by atomic mass is 10.1. The molecule has 8 heteroatoms. The van der Waals surface area contributed by atoms with Crippen LogP contribution in [0.5, 0.6) is 5.88 Å². The number of aromatic nitrogens is 1. The van der Waals surface area contributed by atoms with E-state index in [0.717, 1.165) is 5.56 Å². The first-order chi connectivity index (χ1) is 10.8. The fraction of sp³-hybridized carbons (Fsp3) is 0.200. The van der Waals surface area contributed by atoms with E-state index in [9.17, 15) is 18.0 Å². The van der Waals surface area contributed by atoms with E-state index < -0.39 is 25.2 Å². The highest BCUT2D eigenvalue weighted by atomic mass is 79.9. The molecule has 1 aliphatic heterocycles. The van der Waals surface area contributed by atoms with E-state index in [-0.39, 0.29) is 11.6 Å². The summed E-state index contributed by atoms with van der Waals surface area (Å²) in [6, 6.07) is 10.5. The van der Waals surface area contributed by atoms with Crippen LogP contribution in [0.4, 0.5) is 18.9 Å². The largest absolute Gasteiger partial charge is 0.466 e. The number of hydrogen-bond donors (Lipinski definition) is 0. The standard InChI is InChI=1S/C15H10BrF3N2O2/c16-13-10(9-4-2-1-3-5-9)6-11-14(20-13)23-7-12(22)21(11)8-15(17,18)19/h1-6H,7-8H2. The van der Waals surface area contributed by atoms with Crippen LogP contribution in [0.1, 0.15) is 0 Å². The smallest absolute Gasteiger partial charge is 0.406 e. The summed E-state index contributed by atoms with van der Waals surface area (Å²) in [6.45, 7) is -1.84. The first-order valence-corrected chi connectivity index (χ1v) is 7.40. The fourth-order valence-electron chi connectivity index (χ4n) is 2.28. The van der Waals surface area contributed by atoms with Gasteiger partial charge in [-0.05, 0) is 27.6 Å². The molecule has 0 bridgehead atoms. The van der Waals surface area contributed by atoms with Gasteiger partial charge in [-0.25, -0.2) is 4.98 Å². The van der Waals surface area contributed by atoms with E-state index in [1.807, 2.05) is 6.07 Å². The Labute approximate surface area is 138 Å². The zero-order valence-electron chi connectivity index (χ0n) is 11.6. The third-order valence-corrected chi connectivity index (χ3v) is 3.87. The van der Waals surface area contributed by atoms with Crippen LogP contribution >= 0.6 is 15.9 Å². The minimum Gasteiger partial charge on any atom is -0.466 e. The number of carbonyl (C=O) groups excluding carboxylic acids is 1. The third-order valence-electron chi connectivity index (χ3n) is 3.27. The second kappa shape index (κ2) is 5.84. The van der Waals surface area contributed by atoms with E-state index in [4.69, 9.17) is 4.74 Å². The minimum absolute atomic E-state index is 0.000376. The van der Waals surface area contributed by atoms with Crippen LogP contribution < -0.4 is 9.64 Å². The van der Waals surface area contributed by atoms with Crippen LogP contribution in [0.3, 0.4) is 0 Å². The highest BCUT2D eigenvalue weighted by molar-refractivity contribution is 9.10. The Morgan fingerprint density at radius 1 is 1.26 bits per heavy atom. The van der Waals surface area contributed by atoms with Gasteiger partial charge < -0.3 is 4.74 Å². The van der Waals surface area contributed by atoms with Gasteiger partial charge in [0.1, 0.15) is 16.8 Å². The molecule has 0 unspecified atom stereocenters. The summed E-state index contributed by atoms with van der Waals surface area (Å²) in [5, 5.41) is 0. The normalized spacial score (nSPS) is 14.4. The summed E-state index contributed by atoms with van der Waals surface area (Å²) in [7, 11) is 0. The van der Waals surface area contributed by atoms with Crippen molar-refractivity contribution in [1.82, 2.24) is 4.98 Å². The molecule has 1 amide bonds. The molecule has 23 heavy (non-hydrogen) atoms. The lowest BCUT2D eigenvalue weighted by molar-refractivity contribution is -0.134. The molecule has 0 radical (unpaired) electrons. The number of anilines is 1. The molecule has 1 aromatic carbocycles. The van der Waals surface area contributed by atoms with Crippen molar-refractivity contribution < 1.29 is 22.7 Å². The van der Waals surface area contributed by atoms with Crippen molar-refractivity contribution in [1.29, 1.82) is 0 Å². The maximum Gasteiger partial charge on any atom is 0.406 e. The van der Waals surface area contributed by atoms with Crippen LogP contribution in [-0.4, -0.2) is 30.2 Å². The van der Waals surface area contributed by atoms with Crippen molar-refractivity contribution in [2.75, 3.05) is 18.1 Å². The highest BCUT2D eigenvalue weighted by Crippen LogP contribution is 2.39. The molecule has 2 aromatic rings. The molecule has 2 heterocycles. The Bertz CT molecular complexity index is 750. The number of nitrogens with zero attached hydrogens (tertiary/aromatic N) is 2. The zero-order valence-corrected chi connectivity index (χ0v) is 13.2. The Morgan fingerprint density at radius 3 is 2.61 bits per heavy atom. The van der Waals surface area contributed by atoms with Crippen molar-refractivity contribution in [3.63, 3.8) is 0 Å². The topological polar surface area (TPSA) is 42.4 Å². The van der Waals surface area contributed by atoms with Crippen LogP contribution in [0, 0.1) is 0 Å². The summed E-state index contributed by atoms with van der Waals surface area (Å²) in [5.74, 6) is -0.752. The number of halogens is 4. The van der Waals surface area contributed by atoms with E-state index in [2.05, 4.69) is 20.9 Å². The molecule has 4 nitrogen and oxygen atoms in total. The van der Waals surface area contributed by atoms with Gasteiger partial charge in [-0.3, -0.25) is 9.69 Å². The van der Waals surface area contributed by atoms with E-state index in [0.29, 0.717) is 15.1 Å². The minimum atomic E-state index is -4.51. The summed E-state index contributed by atoms with van der Waals surface area (Å²) < 4.78 is 43.8. The SMILES string of the molecule is O=C1COc2nc(Br)c(-c3ccccc3)cc2N1CC(F)(F)F. The number of benzene rings is 1. The molecular weight excluding hydrogens is 377 g/mol. The van der Waals surface area contributed by atoms with Crippen molar-refractivity contribution in [2.24, 2.45) is 0 Å². The average molecular weight is 387 g/mol. The molecule has 0 N–H and O–H groups in total.